The molecule has 2 aromatic rings. The van der Waals surface area contributed by atoms with Gasteiger partial charge in [0.2, 0.25) is 11.5 Å². The lowest BCUT2D eigenvalue weighted by Crippen LogP contribution is -2.29. The number of nitrogens with zero attached hydrogens (tertiary/aromatic N) is 2. The zero-order valence-electron chi connectivity index (χ0n) is 9.96. The van der Waals surface area contributed by atoms with Gasteiger partial charge in [-0.05, 0) is 22.3 Å². The SMILES string of the molecule is CCC(NC(=O)c1nonc1N)c1ccccc1. The second-order valence-electron chi connectivity index (χ2n) is 3.84. The van der Waals surface area contributed by atoms with Gasteiger partial charge in [0.1, 0.15) is 0 Å². The number of amides is 1. The highest BCUT2D eigenvalue weighted by Gasteiger charge is 2.19. The van der Waals surface area contributed by atoms with Gasteiger partial charge in [0.05, 0.1) is 6.04 Å². The largest absolute Gasteiger partial charge is 0.379 e. The van der Waals surface area contributed by atoms with Crippen LogP contribution in [0.3, 0.4) is 0 Å². The number of aromatic nitrogens is 2. The minimum atomic E-state index is -0.385. The van der Waals surface area contributed by atoms with Gasteiger partial charge in [0.25, 0.3) is 5.91 Å². The third-order valence-corrected chi connectivity index (χ3v) is 2.64. The Bertz CT molecular complexity index is 524. The van der Waals surface area contributed by atoms with Crippen LogP contribution >= 0.6 is 0 Å². The molecular weight excluding hydrogens is 232 g/mol. The number of benzene rings is 1. The van der Waals surface area contributed by atoms with E-state index in [0.717, 1.165) is 12.0 Å². The number of nitrogen functional groups attached to an aromatic ring is 1. The second-order valence-corrected chi connectivity index (χ2v) is 3.84. The molecule has 0 bridgehead atoms. The fourth-order valence-corrected chi connectivity index (χ4v) is 1.69. The first kappa shape index (κ1) is 12.1. The molecule has 1 aromatic heterocycles. The Labute approximate surface area is 104 Å². The monoisotopic (exact) mass is 246 g/mol. The molecule has 0 aliphatic carbocycles. The molecule has 6 heteroatoms. The highest BCUT2D eigenvalue weighted by molar-refractivity contribution is 5.96. The first-order valence-electron chi connectivity index (χ1n) is 5.66. The Kier molecular flexibility index (Phi) is 3.57. The van der Waals surface area contributed by atoms with Crippen LogP contribution in [0.2, 0.25) is 0 Å². The molecule has 3 N–H and O–H groups in total. The van der Waals surface area contributed by atoms with Crippen molar-refractivity contribution in [2.75, 3.05) is 5.73 Å². The van der Waals surface area contributed by atoms with Crippen molar-refractivity contribution in [3.63, 3.8) is 0 Å². The van der Waals surface area contributed by atoms with Gasteiger partial charge < -0.3 is 11.1 Å². The smallest absolute Gasteiger partial charge is 0.277 e. The van der Waals surface area contributed by atoms with Gasteiger partial charge in [-0.2, -0.15) is 0 Å². The van der Waals surface area contributed by atoms with E-state index < -0.39 is 0 Å². The standard InChI is InChI=1S/C12H14N4O2/c1-2-9(8-6-4-3-5-7-8)14-12(17)10-11(13)16-18-15-10/h3-7,9H,2H2,1H3,(H2,13,16)(H,14,17). The number of nitrogens with one attached hydrogen (secondary N) is 1. The molecule has 94 valence electrons. The fourth-order valence-electron chi connectivity index (χ4n) is 1.69. The van der Waals surface area contributed by atoms with Gasteiger partial charge in [-0.1, -0.05) is 37.3 Å². The molecule has 6 nitrogen and oxygen atoms in total. The van der Waals surface area contributed by atoms with Gasteiger partial charge in [-0.3, -0.25) is 4.79 Å². The Morgan fingerprint density at radius 2 is 2.11 bits per heavy atom. The second kappa shape index (κ2) is 5.31. The topological polar surface area (TPSA) is 94.0 Å². The first-order valence-corrected chi connectivity index (χ1v) is 5.66. The average molecular weight is 246 g/mol. The van der Waals surface area contributed by atoms with E-state index in [0.29, 0.717) is 0 Å². The van der Waals surface area contributed by atoms with Crippen molar-refractivity contribution >= 4 is 11.7 Å². The molecule has 0 radical (unpaired) electrons. The van der Waals surface area contributed by atoms with E-state index in [-0.39, 0.29) is 23.5 Å². The number of anilines is 1. The molecule has 0 aliphatic heterocycles. The molecular formula is C12H14N4O2. The lowest BCUT2D eigenvalue weighted by Gasteiger charge is -2.16. The zero-order chi connectivity index (χ0) is 13.0. The number of hydrogen-bond donors (Lipinski definition) is 2. The predicted octanol–water partition coefficient (Wildman–Crippen LogP) is 1.53. The van der Waals surface area contributed by atoms with Crippen molar-refractivity contribution in [1.29, 1.82) is 0 Å². The number of hydrogen-bond acceptors (Lipinski definition) is 5. The number of carbonyl (C=O) groups excluding carboxylic acids is 1. The Hall–Kier alpha value is -2.37. The van der Waals surface area contributed by atoms with Crippen molar-refractivity contribution < 1.29 is 9.42 Å². The normalized spacial score (nSPS) is 12.1. The maximum absolute atomic E-state index is 11.9. The van der Waals surface area contributed by atoms with Crippen LogP contribution in [0, 0.1) is 0 Å². The first-order chi connectivity index (χ1) is 8.72. The van der Waals surface area contributed by atoms with Crippen LogP contribution < -0.4 is 11.1 Å². The van der Waals surface area contributed by atoms with E-state index in [9.17, 15) is 4.79 Å². The van der Waals surface area contributed by atoms with Crippen LogP contribution in [0.1, 0.15) is 35.4 Å². The van der Waals surface area contributed by atoms with E-state index in [2.05, 4.69) is 20.3 Å². The van der Waals surface area contributed by atoms with Crippen molar-refractivity contribution in [3.8, 4) is 0 Å². The molecule has 0 saturated carbocycles. The molecule has 1 atom stereocenters. The summed E-state index contributed by atoms with van der Waals surface area (Å²) in [6.45, 7) is 1.99. The number of rotatable bonds is 4. The quantitative estimate of drug-likeness (QED) is 0.853. The van der Waals surface area contributed by atoms with Gasteiger partial charge in [-0.25, -0.2) is 4.63 Å². The molecule has 1 heterocycles. The fraction of sp³-hybridized carbons (Fsp3) is 0.250. The summed E-state index contributed by atoms with van der Waals surface area (Å²) in [6.07, 6.45) is 0.765. The molecule has 0 spiro atoms. The maximum Gasteiger partial charge on any atom is 0.277 e. The van der Waals surface area contributed by atoms with Crippen LogP contribution in [0.4, 0.5) is 5.82 Å². The van der Waals surface area contributed by atoms with Gasteiger partial charge in [-0.15, -0.1) is 0 Å². The van der Waals surface area contributed by atoms with Crippen LogP contribution in [0.25, 0.3) is 0 Å². The van der Waals surface area contributed by atoms with E-state index in [1.165, 1.54) is 0 Å². The van der Waals surface area contributed by atoms with Gasteiger partial charge in [0.15, 0.2) is 0 Å². The minimum Gasteiger partial charge on any atom is -0.379 e. The third-order valence-electron chi connectivity index (χ3n) is 2.64. The average Bonchev–Trinajstić information content (AvgIpc) is 2.83. The summed E-state index contributed by atoms with van der Waals surface area (Å²) in [7, 11) is 0. The van der Waals surface area contributed by atoms with Gasteiger partial charge in [0, 0.05) is 0 Å². The van der Waals surface area contributed by atoms with Crippen molar-refractivity contribution in [3.05, 3.63) is 41.6 Å². The number of carbonyl (C=O) groups is 1. The maximum atomic E-state index is 11.9. The summed E-state index contributed by atoms with van der Waals surface area (Å²) in [4.78, 5) is 11.9. The summed E-state index contributed by atoms with van der Waals surface area (Å²) >= 11 is 0. The van der Waals surface area contributed by atoms with Crippen LogP contribution in [-0.4, -0.2) is 16.2 Å². The molecule has 0 saturated heterocycles. The molecule has 0 fully saturated rings. The molecule has 18 heavy (non-hydrogen) atoms. The molecule has 1 aromatic carbocycles. The highest BCUT2D eigenvalue weighted by Crippen LogP contribution is 2.17. The molecule has 1 amide bonds. The summed E-state index contributed by atoms with van der Waals surface area (Å²) in [6, 6.07) is 9.61. The van der Waals surface area contributed by atoms with Crippen molar-refractivity contribution in [2.24, 2.45) is 0 Å². The minimum absolute atomic E-state index is 0.00425. The van der Waals surface area contributed by atoms with Crippen LogP contribution in [0.15, 0.2) is 35.0 Å². The molecule has 1 unspecified atom stereocenters. The van der Waals surface area contributed by atoms with Crippen LogP contribution in [-0.2, 0) is 0 Å². The molecule has 2 rings (SSSR count). The third kappa shape index (κ3) is 2.48. The van der Waals surface area contributed by atoms with E-state index >= 15 is 0 Å². The van der Waals surface area contributed by atoms with Crippen molar-refractivity contribution in [2.45, 2.75) is 19.4 Å². The Morgan fingerprint density at radius 3 is 2.67 bits per heavy atom. The Balaban J connectivity index is 2.13. The Morgan fingerprint density at radius 1 is 1.39 bits per heavy atom. The summed E-state index contributed by atoms with van der Waals surface area (Å²) in [5, 5.41) is 9.69. The lowest BCUT2D eigenvalue weighted by atomic mass is 10.0. The number of nitrogens with two attached hydrogens (primary N) is 1. The predicted molar refractivity (Wildman–Crippen MR) is 65.7 cm³/mol. The summed E-state index contributed by atoms with van der Waals surface area (Å²) < 4.78 is 4.40. The lowest BCUT2D eigenvalue weighted by molar-refractivity contribution is 0.0926. The van der Waals surface area contributed by atoms with Gasteiger partial charge >= 0.3 is 0 Å². The summed E-state index contributed by atoms with van der Waals surface area (Å²) in [5.74, 6) is -0.389. The van der Waals surface area contributed by atoms with E-state index in [1.807, 2.05) is 37.3 Å². The van der Waals surface area contributed by atoms with Crippen molar-refractivity contribution in [1.82, 2.24) is 15.6 Å². The highest BCUT2D eigenvalue weighted by atomic mass is 16.6. The van der Waals surface area contributed by atoms with E-state index in [1.54, 1.807) is 0 Å². The van der Waals surface area contributed by atoms with Crippen LogP contribution in [0.5, 0.6) is 0 Å². The zero-order valence-corrected chi connectivity index (χ0v) is 9.96. The summed E-state index contributed by atoms with van der Waals surface area (Å²) in [5.41, 5.74) is 6.52. The van der Waals surface area contributed by atoms with E-state index in [4.69, 9.17) is 5.73 Å². The molecule has 0 aliphatic rings.